The molecule has 1 aromatic carbocycles. The lowest BCUT2D eigenvalue weighted by Crippen LogP contribution is -2.08. The third-order valence-corrected chi connectivity index (χ3v) is 2.82. The molecule has 0 N–H and O–H groups in total. The molecule has 0 fully saturated rings. The Morgan fingerprint density at radius 2 is 2.00 bits per heavy atom. The van der Waals surface area contributed by atoms with Crippen molar-refractivity contribution in [2.75, 3.05) is 6.61 Å². The predicted octanol–water partition coefficient (Wildman–Crippen LogP) is 3.23. The first-order valence-corrected chi connectivity index (χ1v) is 6.45. The van der Waals surface area contributed by atoms with Gasteiger partial charge < -0.3 is 4.74 Å². The molecule has 5 nitrogen and oxygen atoms in total. The van der Waals surface area contributed by atoms with Crippen molar-refractivity contribution < 1.29 is 9.53 Å². The number of aryl methyl sites for hydroxylation is 1. The largest absolute Gasteiger partial charge is 0.457 e. The summed E-state index contributed by atoms with van der Waals surface area (Å²) in [7, 11) is 0. The second kappa shape index (κ2) is 6.07. The molecule has 7 heteroatoms. The minimum Gasteiger partial charge on any atom is -0.457 e. The molecule has 1 heterocycles. The van der Waals surface area contributed by atoms with Crippen LogP contribution >= 0.6 is 23.2 Å². The highest BCUT2D eigenvalue weighted by Crippen LogP contribution is 2.21. The monoisotopic (exact) mass is 311 g/mol. The molecule has 20 heavy (non-hydrogen) atoms. The average Bonchev–Trinajstić information content (AvgIpc) is 2.77. The van der Waals surface area contributed by atoms with E-state index in [-0.39, 0.29) is 12.3 Å². The molecule has 0 saturated carbocycles. The van der Waals surface area contributed by atoms with Crippen LogP contribution in [-0.2, 0) is 4.74 Å². The first-order valence-electron chi connectivity index (χ1n) is 5.69. The molecule has 0 atom stereocenters. The van der Waals surface area contributed by atoms with Crippen molar-refractivity contribution in [3.05, 3.63) is 52.3 Å². The lowest BCUT2D eigenvalue weighted by molar-refractivity contribution is 0.0541. The van der Waals surface area contributed by atoms with Crippen molar-refractivity contribution in [1.29, 1.82) is 0 Å². The number of esters is 1. The van der Waals surface area contributed by atoms with E-state index in [1.165, 1.54) is 10.9 Å². The fraction of sp³-hybridized carbons (Fsp3) is 0.154. The highest BCUT2D eigenvalue weighted by atomic mass is 35.5. The van der Waals surface area contributed by atoms with E-state index in [0.717, 1.165) is 0 Å². The zero-order valence-electron chi connectivity index (χ0n) is 10.6. The highest BCUT2D eigenvalue weighted by molar-refractivity contribution is 6.34. The van der Waals surface area contributed by atoms with Gasteiger partial charge >= 0.3 is 5.97 Å². The Morgan fingerprint density at radius 3 is 2.60 bits per heavy atom. The molecular weight excluding hydrogens is 301 g/mol. The van der Waals surface area contributed by atoms with E-state index in [4.69, 9.17) is 27.9 Å². The molecule has 0 spiro atoms. The van der Waals surface area contributed by atoms with Gasteiger partial charge in [0.1, 0.15) is 6.61 Å². The summed E-state index contributed by atoms with van der Waals surface area (Å²) < 4.78 is 4.93. The van der Waals surface area contributed by atoms with Crippen molar-refractivity contribution in [2.24, 2.45) is 0 Å². The third kappa shape index (κ3) is 3.18. The summed E-state index contributed by atoms with van der Waals surface area (Å²) in [6.07, 6.45) is 1.48. The van der Waals surface area contributed by atoms with Gasteiger partial charge in [0.15, 0.2) is 5.69 Å². The van der Waals surface area contributed by atoms with Crippen LogP contribution in [0.25, 0.3) is 5.69 Å². The molecule has 2 rings (SSSR count). The molecule has 0 bridgehead atoms. The van der Waals surface area contributed by atoms with Crippen molar-refractivity contribution in [1.82, 2.24) is 15.0 Å². The van der Waals surface area contributed by atoms with Crippen molar-refractivity contribution >= 4 is 29.2 Å². The number of benzene rings is 1. The van der Waals surface area contributed by atoms with E-state index in [9.17, 15) is 4.79 Å². The van der Waals surface area contributed by atoms with E-state index < -0.39 is 5.97 Å². The van der Waals surface area contributed by atoms with Crippen LogP contribution < -0.4 is 0 Å². The van der Waals surface area contributed by atoms with E-state index in [1.807, 2.05) is 0 Å². The van der Waals surface area contributed by atoms with Gasteiger partial charge in [-0.05, 0) is 25.1 Å². The Labute approximate surface area is 125 Å². The first kappa shape index (κ1) is 14.6. The Hall–Kier alpha value is -1.85. The predicted molar refractivity (Wildman–Crippen MR) is 76.6 cm³/mol. The van der Waals surface area contributed by atoms with E-state index in [2.05, 4.69) is 16.8 Å². The number of ether oxygens (including phenoxy) is 1. The molecule has 0 radical (unpaired) electrons. The maximum atomic E-state index is 11.8. The van der Waals surface area contributed by atoms with Crippen molar-refractivity contribution in [2.45, 2.75) is 6.92 Å². The zero-order valence-corrected chi connectivity index (χ0v) is 12.1. The number of carbonyl (C=O) groups is 1. The number of rotatable bonds is 4. The van der Waals surface area contributed by atoms with Crippen LogP contribution in [0.3, 0.4) is 0 Å². The minimum atomic E-state index is -0.554. The molecule has 0 aliphatic carbocycles. The number of nitrogens with zero attached hydrogens (tertiary/aromatic N) is 3. The van der Waals surface area contributed by atoms with Crippen LogP contribution in [0.2, 0.25) is 10.0 Å². The Balaban J connectivity index is 2.35. The van der Waals surface area contributed by atoms with Crippen LogP contribution in [0.15, 0.2) is 30.9 Å². The Kier molecular flexibility index (Phi) is 4.42. The minimum absolute atomic E-state index is 0.119. The van der Waals surface area contributed by atoms with Gasteiger partial charge in [0, 0.05) is 10.0 Å². The summed E-state index contributed by atoms with van der Waals surface area (Å²) in [6, 6.07) is 4.89. The Bertz CT molecular complexity index is 647. The van der Waals surface area contributed by atoms with Gasteiger partial charge in [-0.3, -0.25) is 0 Å². The van der Waals surface area contributed by atoms with Crippen LogP contribution in [0, 0.1) is 6.92 Å². The molecule has 104 valence electrons. The SMILES string of the molecule is C=CCOC(=O)c1nn(-c2cc(Cl)cc(Cl)c2)nc1C. The van der Waals surface area contributed by atoms with Crippen molar-refractivity contribution in [3.8, 4) is 5.69 Å². The van der Waals surface area contributed by atoms with E-state index in [0.29, 0.717) is 21.4 Å². The molecule has 0 unspecified atom stereocenters. The van der Waals surface area contributed by atoms with E-state index in [1.54, 1.807) is 25.1 Å². The van der Waals surface area contributed by atoms with Crippen LogP contribution in [-0.4, -0.2) is 27.6 Å². The standard InChI is InChI=1S/C13H11Cl2N3O2/c1-3-4-20-13(19)12-8(2)16-18(17-12)11-6-9(14)5-10(15)7-11/h3,5-7H,1,4H2,2H3. The molecule has 0 amide bonds. The normalized spacial score (nSPS) is 10.3. The quantitative estimate of drug-likeness (QED) is 0.642. The van der Waals surface area contributed by atoms with Gasteiger partial charge in [-0.25, -0.2) is 4.79 Å². The number of halogens is 2. The second-order valence-electron chi connectivity index (χ2n) is 3.94. The Morgan fingerprint density at radius 1 is 1.35 bits per heavy atom. The zero-order chi connectivity index (χ0) is 14.7. The summed E-state index contributed by atoms with van der Waals surface area (Å²) in [4.78, 5) is 13.1. The van der Waals surface area contributed by atoms with Gasteiger partial charge in [-0.1, -0.05) is 35.9 Å². The summed E-state index contributed by atoms with van der Waals surface area (Å²) >= 11 is 11.8. The van der Waals surface area contributed by atoms with Crippen molar-refractivity contribution in [3.63, 3.8) is 0 Å². The molecule has 2 aromatic rings. The molecule has 0 saturated heterocycles. The second-order valence-corrected chi connectivity index (χ2v) is 4.81. The number of aromatic nitrogens is 3. The van der Waals surface area contributed by atoms with Gasteiger partial charge in [0.2, 0.25) is 0 Å². The van der Waals surface area contributed by atoms with Crippen LogP contribution in [0.4, 0.5) is 0 Å². The van der Waals surface area contributed by atoms with Crippen LogP contribution in [0.5, 0.6) is 0 Å². The van der Waals surface area contributed by atoms with Gasteiger partial charge in [0.25, 0.3) is 0 Å². The summed E-state index contributed by atoms with van der Waals surface area (Å²) in [5, 5.41) is 9.16. The fourth-order valence-electron chi connectivity index (χ4n) is 1.54. The topological polar surface area (TPSA) is 57.0 Å². The number of hydrogen-bond donors (Lipinski definition) is 0. The molecule has 0 aliphatic heterocycles. The summed E-state index contributed by atoms with van der Waals surface area (Å²) in [5.41, 5.74) is 1.16. The summed E-state index contributed by atoms with van der Waals surface area (Å²) in [6.45, 7) is 5.26. The fourth-order valence-corrected chi connectivity index (χ4v) is 2.06. The molecule has 0 aliphatic rings. The molecule has 1 aromatic heterocycles. The third-order valence-electron chi connectivity index (χ3n) is 2.39. The lowest BCUT2D eigenvalue weighted by Gasteiger charge is -2.01. The van der Waals surface area contributed by atoms with Gasteiger partial charge in [0.05, 0.1) is 11.4 Å². The summed E-state index contributed by atoms with van der Waals surface area (Å²) in [5.74, 6) is -0.554. The molecular formula is C13H11Cl2N3O2. The smallest absolute Gasteiger partial charge is 0.361 e. The highest BCUT2D eigenvalue weighted by Gasteiger charge is 2.17. The van der Waals surface area contributed by atoms with Gasteiger partial charge in [-0.15, -0.1) is 5.10 Å². The van der Waals surface area contributed by atoms with Crippen LogP contribution in [0.1, 0.15) is 16.2 Å². The van der Waals surface area contributed by atoms with Gasteiger partial charge in [-0.2, -0.15) is 9.90 Å². The van der Waals surface area contributed by atoms with E-state index >= 15 is 0 Å². The average molecular weight is 312 g/mol. The lowest BCUT2D eigenvalue weighted by atomic mass is 10.3. The number of carbonyl (C=O) groups excluding carboxylic acids is 1. The maximum Gasteiger partial charge on any atom is 0.361 e. The maximum absolute atomic E-state index is 11.8. The first-order chi connectivity index (χ1) is 9.51. The number of hydrogen-bond acceptors (Lipinski definition) is 4.